The first kappa shape index (κ1) is 14.3. The van der Waals surface area contributed by atoms with Gasteiger partial charge in [0.25, 0.3) is 0 Å². The fourth-order valence-electron chi connectivity index (χ4n) is 0.201. The van der Waals surface area contributed by atoms with Gasteiger partial charge in [-0.15, -0.1) is 0 Å². The first-order chi connectivity index (χ1) is 5.58. The van der Waals surface area contributed by atoms with Crippen LogP contribution in [0.4, 0.5) is 0 Å². The summed E-state index contributed by atoms with van der Waals surface area (Å²) in [6, 6.07) is 0. The van der Waals surface area contributed by atoms with Gasteiger partial charge in [-0.25, -0.2) is 4.79 Å². The molecule has 0 N–H and O–H groups in total. The highest BCUT2D eigenvalue weighted by Gasteiger charge is 1.86. The van der Waals surface area contributed by atoms with Crippen LogP contribution < -0.4 is 0 Å². The van der Waals surface area contributed by atoms with Crippen LogP contribution in [0.2, 0.25) is 0 Å². The van der Waals surface area contributed by atoms with Crippen LogP contribution in [-0.2, 0) is 9.53 Å². The van der Waals surface area contributed by atoms with Crippen molar-refractivity contribution in [1.82, 2.24) is 0 Å². The van der Waals surface area contributed by atoms with Crippen LogP contribution in [0.15, 0.2) is 22.7 Å². The third kappa shape index (κ3) is 16.4. The Balaban J connectivity index is 0. The molecule has 0 aliphatic carbocycles. The van der Waals surface area contributed by atoms with Gasteiger partial charge < -0.3 is 4.74 Å². The van der Waals surface area contributed by atoms with E-state index in [1.807, 2.05) is 0 Å². The molecule has 0 saturated carbocycles. The third-order valence-electron chi connectivity index (χ3n) is 0.536. The van der Waals surface area contributed by atoms with Crippen molar-refractivity contribution < 1.29 is 9.53 Å². The monoisotopic (exact) mass is 230 g/mol. The summed E-state index contributed by atoms with van der Waals surface area (Å²) in [5, 5.41) is 0. The molecule has 5 heteroatoms. The van der Waals surface area contributed by atoms with Gasteiger partial charge in [0.05, 0.1) is 6.61 Å². The molecule has 0 fully saturated rings. The van der Waals surface area contributed by atoms with Crippen LogP contribution in [0.25, 0.3) is 0 Å². The maximum absolute atomic E-state index is 10.1. The number of rotatable bonds is 2. The SMILES string of the molecule is C=CC(=O)OCC.ClC=C(Cl)Cl. The molecule has 0 atom stereocenters. The second-order valence-corrected chi connectivity index (χ2v) is 2.58. The van der Waals surface area contributed by atoms with Crippen molar-refractivity contribution in [1.29, 1.82) is 0 Å². The van der Waals surface area contributed by atoms with E-state index in [1.54, 1.807) is 6.92 Å². The summed E-state index contributed by atoms with van der Waals surface area (Å²) in [5.41, 5.74) is 1.09. The molecule has 0 bridgehead atoms. The summed E-state index contributed by atoms with van der Waals surface area (Å²) >= 11 is 14.8. The zero-order valence-electron chi connectivity index (χ0n) is 6.52. The molecule has 0 aromatic carbocycles. The molecule has 2 nitrogen and oxygen atoms in total. The summed E-state index contributed by atoms with van der Waals surface area (Å²) in [5.74, 6) is -0.359. The van der Waals surface area contributed by atoms with Crippen molar-refractivity contribution >= 4 is 40.8 Å². The minimum Gasteiger partial charge on any atom is -0.463 e. The smallest absolute Gasteiger partial charge is 0.330 e. The Bertz CT molecular complexity index is 162. The Morgan fingerprint density at radius 2 is 2.00 bits per heavy atom. The number of carbonyl (C=O) groups is 1. The maximum atomic E-state index is 10.1. The molecule has 0 rings (SSSR count). The number of ether oxygens (including phenoxy) is 1. The minimum atomic E-state index is -0.359. The molecule has 0 heterocycles. The van der Waals surface area contributed by atoms with E-state index in [1.165, 1.54) is 0 Å². The van der Waals surface area contributed by atoms with Crippen LogP contribution in [0.1, 0.15) is 6.92 Å². The first-order valence-electron chi connectivity index (χ1n) is 2.99. The fraction of sp³-hybridized carbons (Fsp3) is 0.286. The number of halogens is 3. The summed E-state index contributed by atoms with van der Waals surface area (Å²) < 4.78 is 4.52. The lowest BCUT2D eigenvalue weighted by Gasteiger charge is -1.90. The first-order valence-corrected chi connectivity index (χ1v) is 4.18. The minimum absolute atomic E-state index is 0.0895. The Morgan fingerprint density at radius 3 is 2.08 bits per heavy atom. The third-order valence-corrected chi connectivity index (χ3v) is 1.20. The fourth-order valence-corrected chi connectivity index (χ4v) is 0.201. The highest BCUT2D eigenvalue weighted by atomic mass is 35.5. The zero-order valence-corrected chi connectivity index (χ0v) is 8.79. The van der Waals surface area contributed by atoms with E-state index < -0.39 is 0 Å². The van der Waals surface area contributed by atoms with Crippen molar-refractivity contribution in [2.75, 3.05) is 6.61 Å². The van der Waals surface area contributed by atoms with Gasteiger partial charge in [0.15, 0.2) is 0 Å². The summed E-state index contributed by atoms with van der Waals surface area (Å²) in [6.45, 7) is 5.38. The van der Waals surface area contributed by atoms with Gasteiger partial charge in [0.2, 0.25) is 0 Å². The van der Waals surface area contributed by atoms with E-state index in [0.29, 0.717) is 6.61 Å². The average Bonchev–Trinajstić information content (AvgIpc) is 2.06. The van der Waals surface area contributed by atoms with Crippen molar-refractivity contribution in [3.8, 4) is 0 Å². The van der Waals surface area contributed by atoms with E-state index in [9.17, 15) is 4.79 Å². The molecular weight excluding hydrogens is 222 g/mol. The van der Waals surface area contributed by atoms with Crippen molar-refractivity contribution in [2.45, 2.75) is 6.92 Å². The van der Waals surface area contributed by atoms with Gasteiger partial charge in [0, 0.05) is 11.6 Å². The van der Waals surface area contributed by atoms with E-state index in [2.05, 4.69) is 11.3 Å². The van der Waals surface area contributed by atoms with Crippen molar-refractivity contribution in [3.63, 3.8) is 0 Å². The Labute approximate surface area is 86.7 Å². The molecule has 0 aromatic rings. The highest BCUT2D eigenvalue weighted by Crippen LogP contribution is 2.05. The Morgan fingerprint density at radius 1 is 1.58 bits per heavy atom. The van der Waals surface area contributed by atoms with Crippen LogP contribution in [0.5, 0.6) is 0 Å². The van der Waals surface area contributed by atoms with Gasteiger partial charge in [-0.1, -0.05) is 41.4 Å². The second kappa shape index (κ2) is 10.8. The second-order valence-electron chi connectivity index (χ2n) is 1.35. The highest BCUT2D eigenvalue weighted by molar-refractivity contribution is 6.58. The van der Waals surface area contributed by atoms with Crippen LogP contribution >= 0.6 is 34.8 Å². The normalized spacial score (nSPS) is 7.33. The predicted molar refractivity (Wildman–Crippen MR) is 52.5 cm³/mol. The van der Waals surface area contributed by atoms with E-state index in [0.717, 1.165) is 11.6 Å². The Hall–Kier alpha value is -0.180. The molecule has 0 aromatic heterocycles. The molecule has 0 aliphatic rings. The molecule has 0 unspecified atom stereocenters. The number of esters is 1. The lowest BCUT2D eigenvalue weighted by atomic mass is 10.6. The largest absolute Gasteiger partial charge is 0.463 e. The lowest BCUT2D eigenvalue weighted by Crippen LogP contribution is -1.97. The number of hydrogen-bond acceptors (Lipinski definition) is 2. The van der Waals surface area contributed by atoms with E-state index in [4.69, 9.17) is 34.8 Å². The number of carbonyl (C=O) groups excluding carboxylic acids is 1. The number of hydrogen-bond donors (Lipinski definition) is 0. The van der Waals surface area contributed by atoms with Gasteiger partial charge in [-0.3, -0.25) is 0 Å². The molecule has 0 aliphatic heterocycles. The molecular formula is C7H9Cl3O2. The summed E-state index contributed by atoms with van der Waals surface area (Å²) in [6.07, 6.45) is 1.14. The molecule has 0 radical (unpaired) electrons. The van der Waals surface area contributed by atoms with E-state index in [-0.39, 0.29) is 10.5 Å². The van der Waals surface area contributed by atoms with Crippen molar-refractivity contribution in [2.24, 2.45) is 0 Å². The molecule has 0 amide bonds. The van der Waals surface area contributed by atoms with Crippen LogP contribution in [-0.4, -0.2) is 12.6 Å². The molecule has 70 valence electrons. The predicted octanol–water partition coefficient (Wildman–Crippen LogP) is 3.24. The van der Waals surface area contributed by atoms with Crippen molar-refractivity contribution in [3.05, 3.63) is 22.7 Å². The lowest BCUT2D eigenvalue weighted by molar-refractivity contribution is -0.137. The topological polar surface area (TPSA) is 26.3 Å². The van der Waals surface area contributed by atoms with Gasteiger partial charge in [0.1, 0.15) is 4.49 Å². The Kier molecular flexibility index (Phi) is 12.9. The molecule has 12 heavy (non-hydrogen) atoms. The van der Waals surface area contributed by atoms with E-state index >= 15 is 0 Å². The van der Waals surface area contributed by atoms with Gasteiger partial charge in [-0.2, -0.15) is 0 Å². The van der Waals surface area contributed by atoms with Gasteiger partial charge >= 0.3 is 5.97 Å². The standard InChI is InChI=1S/C5H8O2.C2HCl3/c1-3-5(6)7-4-2;3-1-2(4)5/h3H,1,4H2,2H3;1H. The molecule has 0 saturated heterocycles. The summed E-state index contributed by atoms with van der Waals surface area (Å²) in [4.78, 5) is 10.1. The average molecular weight is 232 g/mol. The van der Waals surface area contributed by atoms with Crippen LogP contribution in [0, 0.1) is 0 Å². The summed E-state index contributed by atoms with van der Waals surface area (Å²) in [7, 11) is 0. The maximum Gasteiger partial charge on any atom is 0.330 e. The zero-order chi connectivity index (χ0) is 9.98. The van der Waals surface area contributed by atoms with Gasteiger partial charge in [-0.05, 0) is 6.92 Å². The molecule has 0 spiro atoms. The quantitative estimate of drug-likeness (QED) is 0.539. The van der Waals surface area contributed by atoms with Crippen LogP contribution in [0.3, 0.4) is 0 Å².